The number of nitrogens with zero attached hydrogens (tertiary/aromatic N) is 1. The van der Waals surface area contributed by atoms with E-state index in [1.165, 1.54) is 27.4 Å². The van der Waals surface area contributed by atoms with Crippen LogP contribution in [0.5, 0.6) is 17.2 Å². The van der Waals surface area contributed by atoms with Crippen LogP contribution in [0.3, 0.4) is 0 Å². The zero-order valence-electron chi connectivity index (χ0n) is 14.8. The van der Waals surface area contributed by atoms with Crippen LogP contribution in [0.2, 0.25) is 10.0 Å². The molecule has 0 saturated heterocycles. The molecule has 27 heavy (non-hydrogen) atoms. The second-order valence-corrected chi connectivity index (χ2v) is 5.96. The predicted molar refractivity (Wildman–Crippen MR) is 105 cm³/mol. The summed E-state index contributed by atoms with van der Waals surface area (Å²) in [6.07, 6.45) is 1.38. The highest BCUT2D eigenvalue weighted by Gasteiger charge is 2.16. The molecule has 0 aromatic heterocycles. The van der Waals surface area contributed by atoms with Crippen molar-refractivity contribution in [2.75, 3.05) is 26.6 Å². The largest absolute Gasteiger partial charge is 0.496 e. The van der Waals surface area contributed by atoms with Gasteiger partial charge in [-0.3, -0.25) is 4.79 Å². The molecule has 2 aromatic rings. The standard InChI is InChI=1S/C19H16Cl2N2O4/c1-25-15-9-17(27-3)16(26-2)8-11(15)7-12(10-22)19(24)23-14-6-4-5-13(20)18(14)21/h4-9H,1-3H3,(H,23,24)/b12-7-. The molecule has 140 valence electrons. The van der Waals surface area contributed by atoms with E-state index >= 15 is 0 Å². The van der Waals surface area contributed by atoms with Crippen LogP contribution in [0.4, 0.5) is 5.69 Å². The third-order valence-corrected chi connectivity index (χ3v) is 4.42. The van der Waals surface area contributed by atoms with Crippen LogP contribution in [0, 0.1) is 11.3 Å². The molecule has 0 spiro atoms. The first-order valence-electron chi connectivity index (χ1n) is 7.62. The maximum atomic E-state index is 12.5. The molecule has 0 atom stereocenters. The van der Waals surface area contributed by atoms with Crippen molar-refractivity contribution >= 4 is 40.9 Å². The lowest BCUT2D eigenvalue weighted by Crippen LogP contribution is -2.14. The molecule has 1 amide bonds. The molecule has 0 unspecified atom stereocenters. The van der Waals surface area contributed by atoms with Crippen LogP contribution >= 0.6 is 23.2 Å². The fourth-order valence-corrected chi connectivity index (χ4v) is 2.61. The Hall–Kier alpha value is -2.88. The second kappa shape index (κ2) is 9.17. The van der Waals surface area contributed by atoms with Gasteiger partial charge in [-0.15, -0.1) is 0 Å². The molecule has 1 N–H and O–H groups in total. The fourth-order valence-electron chi connectivity index (χ4n) is 2.26. The van der Waals surface area contributed by atoms with Crippen molar-refractivity contribution in [2.45, 2.75) is 0 Å². The van der Waals surface area contributed by atoms with E-state index in [-0.39, 0.29) is 10.6 Å². The molecule has 0 aliphatic heterocycles. The van der Waals surface area contributed by atoms with Crippen LogP contribution < -0.4 is 19.5 Å². The average Bonchev–Trinajstić information content (AvgIpc) is 2.68. The van der Waals surface area contributed by atoms with Gasteiger partial charge in [0.1, 0.15) is 17.4 Å². The van der Waals surface area contributed by atoms with E-state index in [2.05, 4.69) is 5.32 Å². The van der Waals surface area contributed by atoms with Crippen LogP contribution in [-0.2, 0) is 4.79 Å². The van der Waals surface area contributed by atoms with E-state index in [0.717, 1.165) is 0 Å². The minimum Gasteiger partial charge on any atom is -0.496 e. The maximum Gasteiger partial charge on any atom is 0.266 e. The average molecular weight is 407 g/mol. The number of hydrogen-bond donors (Lipinski definition) is 1. The third kappa shape index (κ3) is 4.64. The minimum atomic E-state index is -0.640. The van der Waals surface area contributed by atoms with Crippen LogP contribution in [-0.4, -0.2) is 27.2 Å². The van der Waals surface area contributed by atoms with Gasteiger partial charge >= 0.3 is 0 Å². The van der Waals surface area contributed by atoms with Gasteiger partial charge in [0.25, 0.3) is 5.91 Å². The van der Waals surface area contributed by atoms with E-state index < -0.39 is 5.91 Å². The van der Waals surface area contributed by atoms with Gasteiger partial charge in [0.05, 0.1) is 37.1 Å². The van der Waals surface area contributed by atoms with E-state index in [1.54, 1.807) is 30.3 Å². The lowest BCUT2D eigenvalue weighted by atomic mass is 10.1. The molecule has 2 aromatic carbocycles. The Morgan fingerprint density at radius 1 is 1.07 bits per heavy atom. The molecular formula is C19H16Cl2N2O4. The topological polar surface area (TPSA) is 80.6 Å². The number of halogens is 2. The number of hydrogen-bond acceptors (Lipinski definition) is 5. The quantitative estimate of drug-likeness (QED) is 0.561. The number of nitrogens with one attached hydrogen (secondary N) is 1. The Bertz CT molecular complexity index is 936. The maximum absolute atomic E-state index is 12.5. The van der Waals surface area contributed by atoms with Crippen LogP contribution in [0.1, 0.15) is 5.56 Å². The molecule has 0 saturated carbocycles. The van der Waals surface area contributed by atoms with Gasteiger partial charge in [0.2, 0.25) is 0 Å². The van der Waals surface area contributed by atoms with Gasteiger partial charge in [0, 0.05) is 11.6 Å². The Morgan fingerprint density at radius 3 is 2.30 bits per heavy atom. The molecule has 8 heteroatoms. The van der Waals surface area contributed by atoms with Gasteiger partial charge in [-0.05, 0) is 24.3 Å². The summed E-state index contributed by atoms with van der Waals surface area (Å²) in [5.74, 6) is 0.660. The summed E-state index contributed by atoms with van der Waals surface area (Å²) in [4.78, 5) is 12.5. The number of amides is 1. The smallest absolute Gasteiger partial charge is 0.266 e. The molecular weight excluding hydrogens is 391 g/mol. The van der Waals surface area contributed by atoms with Crippen molar-refractivity contribution in [3.63, 3.8) is 0 Å². The SMILES string of the molecule is COc1cc(OC)c(OC)cc1/C=C(/C#N)C(=O)Nc1cccc(Cl)c1Cl. The Balaban J connectivity index is 2.42. The third-order valence-electron chi connectivity index (χ3n) is 3.60. The summed E-state index contributed by atoms with van der Waals surface area (Å²) >= 11 is 12.0. The zero-order valence-corrected chi connectivity index (χ0v) is 16.3. The lowest BCUT2D eigenvalue weighted by molar-refractivity contribution is -0.112. The van der Waals surface area contributed by atoms with Crippen molar-refractivity contribution < 1.29 is 19.0 Å². The fraction of sp³-hybridized carbons (Fsp3) is 0.158. The van der Waals surface area contributed by atoms with Gasteiger partial charge in [0.15, 0.2) is 11.5 Å². The number of carbonyl (C=O) groups is 1. The summed E-state index contributed by atoms with van der Waals surface area (Å²) in [5, 5.41) is 12.5. The van der Waals surface area contributed by atoms with E-state index in [9.17, 15) is 10.1 Å². The first kappa shape index (κ1) is 20.4. The van der Waals surface area contributed by atoms with Crippen LogP contribution in [0.15, 0.2) is 35.9 Å². The first-order chi connectivity index (χ1) is 12.9. The van der Waals surface area contributed by atoms with Crippen molar-refractivity contribution in [2.24, 2.45) is 0 Å². The summed E-state index contributed by atoms with van der Waals surface area (Å²) in [5.41, 5.74) is 0.616. The molecule has 0 radical (unpaired) electrons. The number of anilines is 1. The van der Waals surface area contributed by atoms with Crippen molar-refractivity contribution in [1.82, 2.24) is 0 Å². The van der Waals surface area contributed by atoms with Crippen LogP contribution in [0.25, 0.3) is 6.08 Å². The Labute approximate surface area is 166 Å². The van der Waals surface area contributed by atoms with Gasteiger partial charge in [-0.25, -0.2) is 0 Å². The summed E-state index contributed by atoms with van der Waals surface area (Å²) in [7, 11) is 4.45. The van der Waals surface area contributed by atoms with Crippen molar-refractivity contribution in [1.29, 1.82) is 5.26 Å². The molecule has 6 nitrogen and oxygen atoms in total. The Kier molecular flexibility index (Phi) is 6.94. The number of carbonyl (C=O) groups excluding carboxylic acids is 1. The summed E-state index contributed by atoms with van der Waals surface area (Å²) in [6.45, 7) is 0. The van der Waals surface area contributed by atoms with E-state index in [1.807, 2.05) is 6.07 Å². The van der Waals surface area contributed by atoms with Gasteiger partial charge in [-0.2, -0.15) is 5.26 Å². The second-order valence-electron chi connectivity index (χ2n) is 5.17. The number of benzene rings is 2. The minimum absolute atomic E-state index is 0.156. The van der Waals surface area contributed by atoms with Gasteiger partial charge in [-0.1, -0.05) is 29.3 Å². The molecule has 0 aliphatic rings. The lowest BCUT2D eigenvalue weighted by Gasteiger charge is -2.12. The summed E-state index contributed by atoms with van der Waals surface area (Å²) in [6, 6.07) is 9.89. The highest BCUT2D eigenvalue weighted by molar-refractivity contribution is 6.44. The highest BCUT2D eigenvalue weighted by Crippen LogP contribution is 2.36. The molecule has 0 fully saturated rings. The summed E-state index contributed by atoms with van der Waals surface area (Å²) < 4.78 is 15.8. The predicted octanol–water partition coefficient (Wildman–Crippen LogP) is 4.56. The monoisotopic (exact) mass is 406 g/mol. The normalized spacial score (nSPS) is 10.7. The molecule has 0 aliphatic carbocycles. The number of rotatable bonds is 6. The number of methoxy groups -OCH3 is 3. The number of ether oxygens (including phenoxy) is 3. The van der Waals surface area contributed by atoms with E-state index in [4.69, 9.17) is 37.4 Å². The molecule has 0 heterocycles. The van der Waals surface area contributed by atoms with Crippen molar-refractivity contribution in [3.05, 3.63) is 51.5 Å². The zero-order chi connectivity index (χ0) is 20.0. The Morgan fingerprint density at radius 2 is 1.70 bits per heavy atom. The van der Waals surface area contributed by atoms with Gasteiger partial charge < -0.3 is 19.5 Å². The molecule has 2 rings (SSSR count). The van der Waals surface area contributed by atoms with Crippen molar-refractivity contribution in [3.8, 4) is 23.3 Å². The number of nitriles is 1. The first-order valence-corrected chi connectivity index (χ1v) is 8.37. The van der Waals surface area contributed by atoms with E-state index in [0.29, 0.717) is 33.5 Å². The highest BCUT2D eigenvalue weighted by atomic mass is 35.5. The molecule has 0 bridgehead atoms.